The minimum Gasteiger partial charge on any atom is -0.379 e. The SMILES string of the molecule is O=C1CN(Cc2ccc(-c3ccc(F)c(CN4CCOCC4)c3)cc2)C(=O)N1C1CC1. The first kappa shape index (κ1) is 20.2. The molecule has 1 aliphatic carbocycles. The Labute approximate surface area is 181 Å². The summed E-state index contributed by atoms with van der Waals surface area (Å²) in [6.07, 6.45) is 1.84. The van der Waals surface area contributed by atoms with Crippen LogP contribution in [0.25, 0.3) is 11.1 Å². The quantitative estimate of drug-likeness (QED) is 0.670. The number of amides is 3. The summed E-state index contributed by atoms with van der Waals surface area (Å²) in [6.45, 7) is 4.14. The topological polar surface area (TPSA) is 53.1 Å². The number of hydrogen-bond acceptors (Lipinski definition) is 4. The first-order valence-corrected chi connectivity index (χ1v) is 10.9. The number of rotatable bonds is 6. The third kappa shape index (κ3) is 4.34. The molecule has 2 aliphatic heterocycles. The largest absolute Gasteiger partial charge is 0.379 e. The second-order valence-corrected chi connectivity index (χ2v) is 8.53. The summed E-state index contributed by atoms with van der Waals surface area (Å²) in [4.78, 5) is 29.9. The highest BCUT2D eigenvalue weighted by molar-refractivity contribution is 6.02. The zero-order chi connectivity index (χ0) is 21.4. The van der Waals surface area contributed by atoms with Gasteiger partial charge >= 0.3 is 6.03 Å². The Kier molecular flexibility index (Phi) is 5.46. The maximum absolute atomic E-state index is 14.4. The number of urea groups is 1. The average Bonchev–Trinajstić information content (AvgIpc) is 3.57. The molecule has 0 unspecified atom stereocenters. The Balaban J connectivity index is 1.27. The van der Waals surface area contributed by atoms with E-state index < -0.39 is 0 Å². The van der Waals surface area contributed by atoms with E-state index in [0.29, 0.717) is 31.9 Å². The van der Waals surface area contributed by atoms with Gasteiger partial charge in [-0.25, -0.2) is 9.18 Å². The molecule has 6 nitrogen and oxygen atoms in total. The molecule has 2 aromatic rings. The molecule has 3 aliphatic rings. The van der Waals surface area contributed by atoms with Crippen molar-refractivity contribution in [2.45, 2.75) is 32.0 Å². The summed E-state index contributed by atoms with van der Waals surface area (Å²) in [7, 11) is 0. The van der Waals surface area contributed by atoms with Gasteiger partial charge in [-0.05, 0) is 41.7 Å². The summed E-state index contributed by atoms with van der Waals surface area (Å²) in [6, 6.07) is 13.1. The van der Waals surface area contributed by atoms with Crippen molar-refractivity contribution in [1.29, 1.82) is 0 Å². The van der Waals surface area contributed by atoms with Crippen LogP contribution in [-0.4, -0.2) is 65.5 Å². The van der Waals surface area contributed by atoms with Gasteiger partial charge < -0.3 is 9.64 Å². The van der Waals surface area contributed by atoms with E-state index in [9.17, 15) is 14.0 Å². The van der Waals surface area contributed by atoms with Crippen molar-refractivity contribution in [1.82, 2.24) is 14.7 Å². The van der Waals surface area contributed by atoms with Crippen LogP contribution in [0.4, 0.5) is 9.18 Å². The van der Waals surface area contributed by atoms with Gasteiger partial charge in [-0.2, -0.15) is 0 Å². The lowest BCUT2D eigenvalue weighted by atomic mass is 10.0. The number of halogens is 1. The highest BCUT2D eigenvalue weighted by Gasteiger charge is 2.44. The summed E-state index contributed by atoms with van der Waals surface area (Å²) in [5, 5.41) is 0. The molecule has 162 valence electrons. The average molecular weight is 423 g/mol. The van der Waals surface area contributed by atoms with Gasteiger partial charge in [-0.3, -0.25) is 14.6 Å². The number of nitrogens with zero attached hydrogens (tertiary/aromatic N) is 3. The predicted molar refractivity (Wildman–Crippen MR) is 114 cm³/mol. The van der Waals surface area contributed by atoms with Gasteiger partial charge in [-0.15, -0.1) is 0 Å². The third-order valence-corrected chi connectivity index (χ3v) is 6.19. The molecular weight excluding hydrogens is 397 g/mol. The number of hydrogen-bond donors (Lipinski definition) is 0. The lowest BCUT2D eigenvalue weighted by Crippen LogP contribution is -2.35. The first-order chi connectivity index (χ1) is 15.1. The molecule has 0 N–H and O–H groups in total. The normalized spacial score (nSPS) is 20.0. The van der Waals surface area contributed by atoms with Crippen molar-refractivity contribution in [3.05, 3.63) is 59.4 Å². The van der Waals surface area contributed by atoms with Crippen molar-refractivity contribution in [3.63, 3.8) is 0 Å². The van der Waals surface area contributed by atoms with E-state index in [2.05, 4.69) is 4.90 Å². The van der Waals surface area contributed by atoms with E-state index in [4.69, 9.17) is 4.74 Å². The summed E-state index contributed by atoms with van der Waals surface area (Å²) in [5.41, 5.74) is 3.61. The van der Waals surface area contributed by atoms with E-state index in [-0.39, 0.29) is 30.3 Å². The van der Waals surface area contributed by atoms with Gasteiger partial charge in [0.25, 0.3) is 5.91 Å². The van der Waals surface area contributed by atoms with E-state index in [1.165, 1.54) is 11.0 Å². The molecule has 7 heteroatoms. The Hall–Kier alpha value is -2.77. The molecule has 5 rings (SSSR count). The maximum atomic E-state index is 14.4. The number of benzene rings is 2. The zero-order valence-electron chi connectivity index (χ0n) is 17.4. The number of morpholine rings is 1. The second kappa shape index (κ2) is 8.40. The van der Waals surface area contributed by atoms with Crippen LogP contribution >= 0.6 is 0 Å². The summed E-state index contributed by atoms with van der Waals surface area (Å²) < 4.78 is 19.7. The van der Waals surface area contributed by atoms with Crippen LogP contribution in [-0.2, 0) is 22.6 Å². The molecule has 2 saturated heterocycles. The Morgan fingerprint density at radius 1 is 0.935 bits per heavy atom. The highest BCUT2D eigenvalue weighted by Crippen LogP contribution is 2.31. The molecule has 31 heavy (non-hydrogen) atoms. The highest BCUT2D eigenvalue weighted by atomic mass is 19.1. The third-order valence-electron chi connectivity index (χ3n) is 6.19. The number of imide groups is 1. The van der Waals surface area contributed by atoms with E-state index in [1.54, 1.807) is 11.0 Å². The summed E-state index contributed by atoms with van der Waals surface area (Å²) >= 11 is 0. The van der Waals surface area contributed by atoms with Gasteiger partial charge in [0.2, 0.25) is 0 Å². The van der Waals surface area contributed by atoms with E-state index in [0.717, 1.165) is 42.6 Å². The standard InChI is InChI=1S/C24H26FN3O3/c25-22-8-5-19(13-20(22)15-26-9-11-31-12-10-26)18-3-1-17(2-4-18)14-27-16-23(29)28(24(27)30)21-6-7-21/h1-5,8,13,21H,6-7,9-12,14-16H2. The molecule has 0 atom stereocenters. The summed E-state index contributed by atoms with van der Waals surface area (Å²) in [5.74, 6) is -0.285. The number of carbonyl (C=O) groups excluding carboxylic acids is 2. The molecule has 3 fully saturated rings. The van der Waals surface area contributed by atoms with Crippen molar-refractivity contribution < 1.29 is 18.7 Å². The van der Waals surface area contributed by atoms with Crippen molar-refractivity contribution in [3.8, 4) is 11.1 Å². The Morgan fingerprint density at radius 2 is 1.65 bits per heavy atom. The Bertz CT molecular complexity index is 984. The molecule has 0 radical (unpaired) electrons. The molecule has 0 bridgehead atoms. The van der Waals surface area contributed by atoms with Crippen LogP contribution in [0.5, 0.6) is 0 Å². The van der Waals surface area contributed by atoms with Gasteiger partial charge in [0.1, 0.15) is 12.4 Å². The fraction of sp³-hybridized carbons (Fsp3) is 0.417. The van der Waals surface area contributed by atoms with Crippen LogP contribution < -0.4 is 0 Å². The monoisotopic (exact) mass is 423 g/mol. The van der Waals surface area contributed by atoms with Gasteiger partial charge in [0.15, 0.2) is 0 Å². The van der Waals surface area contributed by atoms with Crippen LogP contribution in [0.2, 0.25) is 0 Å². The molecule has 0 spiro atoms. The number of ether oxygens (including phenoxy) is 1. The van der Waals surface area contributed by atoms with Gasteiger partial charge in [0, 0.05) is 37.8 Å². The maximum Gasteiger partial charge on any atom is 0.327 e. The van der Waals surface area contributed by atoms with Gasteiger partial charge in [0.05, 0.1) is 13.2 Å². The zero-order valence-corrected chi connectivity index (χ0v) is 17.4. The second-order valence-electron chi connectivity index (χ2n) is 8.53. The van der Waals surface area contributed by atoms with Crippen LogP contribution in [0.15, 0.2) is 42.5 Å². The van der Waals surface area contributed by atoms with Crippen LogP contribution in [0, 0.1) is 5.82 Å². The lowest BCUT2D eigenvalue weighted by Gasteiger charge is -2.26. The van der Waals surface area contributed by atoms with E-state index >= 15 is 0 Å². The molecule has 0 aromatic heterocycles. The fourth-order valence-corrected chi connectivity index (χ4v) is 4.28. The van der Waals surface area contributed by atoms with Crippen molar-refractivity contribution >= 4 is 11.9 Å². The molecule has 3 amide bonds. The lowest BCUT2D eigenvalue weighted by molar-refractivity contribution is -0.125. The van der Waals surface area contributed by atoms with Crippen LogP contribution in [0.1, 0.15) is 24.0 Å². The van der Waals surface area contributed by atoms with Gasteiger partial charge in [-0.1, -0.05) is 30.3 Å². The molecule has 2 aromatic carbocycles. The van der Waals surface area contributed by atoms with Crippen molar-refractivity contribution in [2.75, 3.05) is 32.8 Å². The molecule has 1 saturated carbocycles. The number of carbonyl (C=O) groups is 2. The molecular formula is C24H26FN3O3. The van der Waals surface area contributed by atoms with E-state index in [1.807, 2.05) is 30.3 Å². The fourth-order valence-electron chi connectivity index (χ4n) is 4.28. The Morgan fingerprint density at radius 3 is 2.35 bits per heavy atom. The minimum atomic E-state index is -0.190. The molecule has 2 heterocycles. The first-order valence-electron chi connectivity index (χ1n) is 10.9. The smallest absolute Gasteiger partial charge is 0.327 e. The predicted octanol–water partition coefficient (Wildman–Crippen LogP) is 3.25. The minimum absolute atomic E-state index is 0.0942. The van der Waals surface area contributed by atoms with Crippen LogP contribution in [0.3, 0.4) is 0 Å². The van der Waals surface area contributed by atoms with Crippen molar-refractivity contribution in [2.24, 2.45) is 0 Å².